The van der Waals surface area contributed by atoms with Gasteiger partial charge >= 0.3 is 0 Å². The van der Waals surface area contributed by atoms with E-state index in [0.717, 1.165) is 23.1 Å². The smallest absolute Gasteiger partial charge is 0.173 e. The highest BCUT2D eigenvalue weighted by Crippen LogP contribution is 2.40. The van der Waals surface area contributed by atoms with Gasteiger partial charge in [-0.25, -0.2) is 0 Å². The van der Waals surface area contributed by atoms with Crippen LogP contribution in [0.5, 0.6) is 0 Å². The van der Waals surface area contributed by atoms with Gasteiger partial charge in [-0.15, -0.1) is 0 Å². The van der Waals surface area contributed by atoms with Crippen LogP contribution in [0.25, 0.3) is 0 Å². The Morgan fingerprint density at radius 1 is 1.00 bits per heavy atom. The number of Topliss-reactive ketones (excluding diaryl/α,β-unsaturated/α-hetero) is 1. The van der Waals surface area contributed by atoms with Crippen molar-refractivity contribution >= 4 is 5.78 Å². The molecule has 0 aliphatic heterocycles. The van der Waals surface area contributed by atoms with Crippen molar-refractivity contribution in [1.29, 1.82) is 0 Å². The highest BCUT2D eigenvalue weighted by molar-refractivity contribution is 6.05. The number of nitrogens with zero attached hydrogens (tertiary/aromatic N) is 1. The summed E-state index contributed by atoms with van der Waals surface area (Å²) in [5.41, 5.74) is 2.24. The van der Waals surface area contributed by atoms with Crippen LogP contribution in [0.2, 0.25) is 0 Å². The van der Waals surface area contributed by atoms with Crippen LogP contribution < -0.4 is 0 Å². The molecule has 132 valence electrons. The van der Waals surface area contributed by atoms with E-state index >= 15 is 0 Å². The molecule has 0 saturated heterocycles. The molecule has 0 spiro atoms. The van der Waals surface area contributed by atoms with Gasteiger partial charge in [0.05, 0.1) is 5.41 Å². The maximum atomic E-state index is 13.7. The third-order valence-corrected chi connectivity index (χ3v) is 5.20. The predicted molar refractivity (Wildman–Crippen MR) is 106 cm³/mol. The van der Waals surface area contributed by atoms with E-state index < -0.39 is 5.41 Å². The van der Waals surface area contributed by atoms with Gasteiger partial charge in [-0.2, -0.15) is 0 Å². The average molecular weight is 335 g/mol. The molecule has 0 bridgehead atoms. The summed E-state index contributed by atoms with van der Waals surface area (Å²) in [6, 6.07) is 20.7. The van der Waals surface area contributed by atoms with Gasteiger partial charge < -0.3 is 4.90 Å². The van der Waals surface area contributed by atoms with Gasteiger partial charge in [0.25, 0.3) is 0 Å². The van der Waals surface area contributed by atoms with Crippen molar-refractivity contribution in [2.45, 2.75) is 38.6 Å². The van der Waals surface area contributed by atoms with E-state index in [0.29, 0.717) is 0 Å². The normalized spacial score (nSPS) is 13.8. The number of carbonyl (C=O) groups excluding carboxylic acids is 1. The van der Waals surface area contributed by atoms with E-state index in [-0.39, 0.29) is 11.8 Å². The first-order valence-electron chi connectivity index (χ1n) is 8.88. The van der Waals surface area contributed by atoms with Crippen molar-refractivity contribution in [3.05, 3.63) is 83.4 Å². The van der Waals surface area contributed by atoms with Crippen molar-refractivity contribution in [3.63, 3.8) is 0 Å². The number of carbonyl (C=O) groups is 1. The minimum atomic E-state index is -0.678. The quantitative estimate of drug-likeness (QED) is 0.674. The molecule has 0 aromatic heterocycles. The predicted octanol–water partition coefficient (Wildman–Crippen LogP) is 4.85. The van der Waals surface area contributed by atoms with E-state index in [1.807, 2.05) is 56.3 Å². The third kappa shape index (κ3) is 3.91. The fraction of sp³-hybridized carbons (Fsp3) is 0.348. The average Bonchev–Trinajstić information content (AvgIpc) is 2.66. The summed E-state index contributed by atoms with van der Waals surface area (Å²) in [6.07, 6.45) is 2.65. The summed E-state index contributed by atoms with van der Waals surface area (Å²) < 4.78 is 0. The molecule has 25 heavy (non-hydrogen) atoms. The molecule has 0 N–H and O–H groups in total. The second-order valence-electron chi connectivity index (χ2n) is 6.95. The number of rotatable bonds is 7. The molecule has 0 amide bonds. The lowest BCUT2D eigenvalue weighted by Crippen LogP contribution is -2.43. The van der Waals surface area contributed by atoms with Gasteiger partial charge in [0.15, 0.2) is 5.78 Å². The molecule has 0 aliphatic carbocycles. The van der Waals surface area contributed by atoms with Crippen molar-refractivity contribution in [2.24, 2.45) is 0 Å². The van der Waals surface area contributed by atoms with E-state index in [1.54, 1.807) is 0 Å². The van der Waals surface area contributed by atoms with E-state index in [1.165, 1.54) is 0 Å². The van der Waals surface area contributed by atoms with Crippen LogP contribution >= 0.6 is 0 Å². The van der Waals surface area contributed by atoms with Crippen LogP contribution in [0.15, 0.2) is 72.3 Å². The van der Waals surface area contributed by atoms with Crippen LogP contribution in [-0.4, -0.2) is 30.8 Å². The number of allylic oxidation sites excluding steroid dienone is 2. The van der Waals surface area contributed by atoms with E-state index in [9.17, 15) is 4.79 Å². The zero-order valence-electron chi connectivity index (χ0n) is 16.0. The Morgan fingerprint density at radius 3 is 1.80 bits per heavy atom. The molecular weight excluding hydrogens is 306 g/mol. The highest BCUT2D eigenvalue weighted by atomic mass is 16.1. The summed E-state index contributed by atoms with van der Waals surface area (Å²) >= 11 is 0. The maximum absolute atomic E-state index is 13.7. The number of ketones is 1. The molecule has 2 nitrogen and oxygen atoms in total. The first-order valence-corrected chi connectivity index (χ1v) is 8.88. The molecule has 0 unspecified atom stereocenters. The van der Waals surface area contributed by atoms with Crippen LogP contribution in [0.1, 0.15) is 38.3 Å². The second-order valence-corrected chi connectivity index (χ2v) is 6.95. The summed E-state index contributed by atoms with van der Waals surface area (Å²) in [4.78, 5) is 15.8. The Kier molecular flexibility index (Phi) is 6.33. The zero-order valence-corrected chi connectivity index (χ0v) is 16.0. The Labute approximate surface area is 152 Å². The fourth-order valence-electron chi connectivity index (χ4n) is 3.30. The highest BCUT2D eigenvalue weighted by Gasteiger charge is 2.43. The second kappa shape index (κ2) is 8.26. The van der Waals surface area contributed by atoms with E-state index in [2.05, 4.69) is 50.2 Å². The first-order chi connectivity index (χ1) is 11.9. The summed E-state index contributed by atoms with van der Waals surface area (Å²) in [5.74, 6) is 0.182. The molecule has 1 atom stereocenters. The maximum Gasteiger partial charge on any atom is 0.173 e. The van der Waals surface area contributed by atoms with Crippen LogP contribution in [-0.2, 0) is 10.2 Å². The molecule has 2 rings (SSSR count). The lowest BCUT2D eigenvalue weighted by atomic mass is 9.66. The number of hydrogen-bond donors (Lipinski definition) is 0. The summed E-state index contributed by atoms with van der Waals surface area (Å²) in [5, 5.41) is 0. The molecular formula is C23H29NO. The molecule has 0 heterocycles. The topological polar surface area (TPSA) is 20.3 Å². The molecule has 2 heteroatoms. The van der Waals surface area contributed by atoms with Crippen molar-refractivity contribution < 1.29 is 4.79 Å². The molecule has 2 aromatic rings. The Hall–Kier alpha value is -2.19. The van der Waals surface area contributed by atoms with Gasteiger partial charge in [-0.3, -0.25) is 4.79 Å². The van der Waals surface area contributed by atoms with Gasteiger partial charge in [-0.1, -0.05) is 66.7 Å². The largest absolute Gasteiger partial charge is 0.307 e. The third-order valence-electron chi connectivity index (χ3n) is 5.20. The standard InChI is InChI=1S/C23H29NO/c1-6-18(2)22(25)23(17-19(3)24(4)5,20-13-9-7-10-14-20)21-15-11-8-12-16-21/h6-16,19H,17H2,1-5H3/b18-6+/t19-/m0/s1. The minimum absolute atomic E-state index is 0.182. The number of benzene rings is 2. The monoisotopic (exact) mass is 335 g/mol. The lowest BCUT2D eigenvalue weighted by Gasteiger charge is -2.38. The first kappa shape index (κ1) is 19.1. The minimum Gasteiger partial charge on any atom is -0.307 e. The zero-order chi connectivity index (χ0) is 18.4. The van der Waals surface area contributed by atoms with Crippen molar-refractivity contribution in [2.75, 3.05) is 14.1 Å². The summed E-state index contributed by atoms with van der Waals surface area (Å²) in [7, 11) is 4.14. The van der Waals surface area contributed by atoms with Crippen LogP contribution in [0, 0.1) is 0 Å². The number of hydrogen-bond acceptors (Lipinski definition) is 2. The SMILES string of the molecule is C/C=C(\C)C(=O)C(C[C@H](C)N(C)C)(c1ccccc1)c1ccccc1. The van der Waals surface area contributed by atoms with Gasteiger partial charge in [-0.05, 0) is 58.0 Å². The van der Waals surface area contributed by atoms with Crippen LogP contribution in [0.3, 0.4) is 0 Å². The Morgan fingerprint density at radius 2 is 1.44 bits per heavy atom. The Balaban J connectivity index is 2.76. The Bertz CT molecular complexity index is 677. The molecule has 0 aliphatic rings. The van der Waals surface area contributed by atoms with Gasteiger partial charge in [0.1, 0.15) is 0 Å². The lowest BCUT2D eigenvalue weighted by molar-refractivity contribution is -0.120. The summed E-state index contributed by atoms with van der Waals surface area (Å²) in [6.45, 7) is 6.03. The molecule has 2 aromatic carbocycles. The van der Waals surface area contributed by atoms with E-state index in [4.69, 9.17) is 0 Å². The van der Waals surface area contributed by atoms with Gasteiger partial charge in [0.2, 0.25) is 0 Å². The van der Waals surface area contributed by atoms with Gasteiger partial charge in [0, 0.05) is 6.04 Å². The van der Waals surface area contributed by atoms with Crippen LogP contribution in [0.4, 0.5) is 0 Å². The van der Waals surface area contributed by atoms with Crippen molar-refractivity contribution in [3.8, 4) is 0 Å². The molecule has 0 saturated carbocycles. The molecule has 0 radical (unpaired) electrons. The molecule has 0 fully saturated rings. The van der Waals surface area contributed by atoms with Crippen molar-refractivity contribution in [1.82, 2.24) is 4.90 Å². The fourth-order valence-corrected chi connectivity index (χ4v) is 3.30.